The van der Waals surface area contributed by atoms with Crippen molar-refractivity contribution < 1.29 is 31.9 Å². The number of fused-ring (bicyclic) bond motifs is 1. The van der Waals surface area contributed by atoms with Crippen LogP contribution >= 0.6 is 0 Å². The number of ether oxygens (including phenoxy) is 2. The van der Waals surface area contributed by atoms with E-state index in [9.17, 15) is 18.0 Å². The molecule has 1 aliphatic rings. The number of carbonyl (C=O) groups is 2. The molecule has 4 aromatic carbocycles. The smallest absolute Gasteiger partial charge is 0.264 e. The van der Waals surface area contributed by atoms with Gasteiger partial charge in [-0.1, -0.05) is 80.6 Å². The van der Waals surface area contributed by atoms with E-state index in [1.807, 2.05) is 44.2 Å². The molecule has 0 saturated heterocycles. The minimum atomic E-state index is -4.30. The van der Waals surface area contributed by atoms with Crippen molar-refractivity contribution in [2.45, 2.75) is 37.8 Å². The van der Waals surface area contributed by atoms with E-state index in [1.54, 1.807) is 42.5 Å². The Kier molecular flexibility index (Phi) is 10.8. The number of sulfonamides is 1. The maximum Gasteiger partial charge on any atom is 0.264 e. The van der Waals surface area contributed by atoms with Gasteiger partial charge in [0.15, 0.2) is 11.5 Å². The predicted molar refractivity (Wildman–Crippen MR) is 177 cm³/mol. The molecule has 5 rings (SSSR count). The van der Waals surface area contributed by atoms with Gasteiger partial charge in [0.1, 0.15) is 31.6 Å². The Labute approximate surface area is 275 Å². The summed E-state index contributed by atoms with van der Waals surface area (Å²) in [5.74, 6) is -0.741. The highest BCUT2D eigenvalue weighted by molar-refractivity contribution is 7.92. The van der Waals surface area contributed by atoms with Crippen LogP contribution in [0.15, 0.2) is 108 Å². The number of rotatable bonds is 13. The molecule has 1 N–H and O–H groups in total. The zero-order chi connectivity index (χ0) is 33.4. The summed E-state index contributed by atoms with van der Waals surface area (Å²) in [7, 11) is -4.30. The molecular weight excluding hydrogens is 621 g/mol. The molecule has 47 heavy (non-hydrogen) atoms. The third kappa shape index (κ3) is 8.28. The van der Waals surface area contributed by atoms with E-state index >= 15 is 4.39 Å². The van der Waals surface area contributed by atoms with Crippen molar-refractivity contribution in [3.05, 3.63) is 120 Å². The molecule has 0 bridgehead atoms. The highest BCUT2D eigenvalue weighted by Gasteiger charge is 2.35. The van der Waals surface area contributed by atoms with Crippen LogP contribution in [0, 0.1) is 11.7 Å². The van der Waals surface area contributed by atoms with Crippen molar-refractivity contribution in [3.63, 3.8) is 0 Å². The second kappa shape index (κ2) is 15.1. The van der Waals surface area contributed by atoms with Crippen LogP contribution in [0.25, 0.3) is 0 Å². The van der Waals surface area contributed by atoms with E-state index in [1.165, 1.54) is 35.2 Å². The number of halogens is 1. The second-order valence-electron chi connectivity index (χ2n) is 11.6. The van der Waals surface area contributed by atoms with Crippen LogP contribution in [0.4, 0.5) is 10.1 Å². The van der Waals surface area contributed by atoms with Crippen LogP contribution in [0.2, 0.25) is 0 Å². The first-order valence-electron chi connectivity index (χ1n) is 15.5. The molecule has 1 aliphatic heterocycles. The monoisotopic (exact) mass is 659 g/mol. The molecule has 2 amide bonds. The summed E-state index contributed by atoms with van der Waals surface area (Å²) >= 11 is 0. The van der Waals surface area contributed by atoms with Crippen molar-refractivity contribution in [1.82, 2.24) is 10.2 Å². The summed E-state index contributed by atoms with van der Waals surface area (Å²) in [6, 6.07) is 26.5. The number of hydrogen-bond acceptors (Lipinski definition) is 6. The number of amides is 2. The average molecular weight is 660 g/mol. The predicted octanol–water partition coefficient (Wildman–Crippen LogP) is 5.20. The summed E-state index contributed by atoms with van der Waals surface area (Å²) in [6.45, 7) is 3.96. The van der Waals surface area contributed by atoms with Gasteiger partial charge in [-0.3, -0.25) is 13.9 Å². The Bertz CT molecular complexity index is 1790. The molecule has 1 atom stereocenters. The highest BCUT2D eigenvalue weighted by Crippen LogP contribution is 2.36. The number of benzene rings is 4. The third-order valence-electron chi connectivity index (χ3n) is 7.68. The van der Waals surface area contributed by atoms with Gasteiger partial charge in [0, 0.05) is 31.1 Å². The van der Waals surface area contributed by atoms with Crippen molar-refractivity contribution in [2.24, 2.45) is 5.92 Å². The van der Waals surface area contributed by atoms with Gasteiger partial charge in [0.2, 0.25) is 11.8 Å². The van der Waals surface area contributed by atoms with E-state index in [0.717, 1.165) is 9.87 Å². The maximum atomic E-state index is 15.1. The van der Waals surface area contributed by atoms with E-state index < -0.39 is 40.2 Å². The quantitative estimate of drug-likeness (QED) is 0.212. The standard InChI is InChI=1S/C36H38FN3O6S/c1-26(2)23-38-36(42)32(21-27-11-5-3-6-12-27)39(24-28-13-9-10-16-31(28)37)35(41)25-40(47(43,44)30-14-7-4-8-15-30)29-17-18-33-34(22-29)46-20-19-45-33/h3-18,22,26,32H,19-21,23-25H2,1-2H3,(H,38,42). The van der Waals surface area contributed by atoms with E-state index in [-0.39, 0.29) is 41.6 Å². The summed E-state index contributed by atoms with van der Waals surface area (Å²) in [6.07, 6.45) is 0.125. The molecule has 1 heterocycles. The van der Waals surface area contributed by atoms with Gasteiger partial charge in [0.25, 0.3) is 10.0 Å². The van der Waals surface area contributed by atoms with E-state index in [2.05, 4.69) is 5.32 Å². The zero-order valence-corrected chi connectivity index (χ0v) is 27.2. The van der Waals surface area contributed by atoms with Crippen LogP contribution in [-0.4, -0.2) is 57.5 Å². The molecule has 0 aromatic heterocycles. The molecule has 246 valence electrons. The lowest BCUT2D eigenvalue weighted by Crippen LogP contribution is -2.53. The molecule has 0 spiro atoms. The Hall–Kier alpha value is -4.90. The lowest BCUT2D eigenvalue weighted by molar-refractivity contribution is -0.140. The normalized spacial score (nSPS) is 13.1. The number of carbonyl (C=O) groups excluding carboxylic acids is 2. The van der Waals surface area contributed by atoms with Crippen LogP contribution in [-0.2, 0) is 32.6 Å². The minimum absolute atomic E-state index is 0.0288. The van der Waals surface area contributed by atoms with Crippen molar-refractivity contribution in [3.8, 4) is 11.5 Å². The lowest BCUT2D eigenvalue weighted by atomic mass is 10.0. The molecule has 0 fully saturated rings. The van der Waals surface area contributed by atoms with E-state index in [4.69, 9.17) is 9.47 Å². The second-order valence-corrected chi connectivity index (χ2v) is 13.5. The fourth-order valence-corrected chi connectivity index (χ4v) is 6.65. The number of anilines is 1. The third-order valence-corrected chi connectivity index (χ3v) is 9.47. The first kappa shape index (κ1) is 33.5. The van der Waals surface area contributed by atoms with Crippen molar-refractivity contribution >= 4 is 27.5 Å². The number of nitrogens with zero attached hydrogens (tertiary/aromatic N) is 2. The molecule has 0 saturated carbocycles. The number of hydrogen-bond donors (Lipinski definition) is 1. The molecule has 11 heteroatoms. The van der Waals surface area contributed by atoms with Crippen molar-refractivity contribution in [2.75, 3.05) is 30.6 Å². The first-order chi connectivity index (χ1) is 22.6. The maximum absolute atomic E-state index is 15.1. The van der Waals surface area contributed by atoms with Gasteiger partial charge < -0.3 is 19.7 Å². The summed E-state index contributed by atoms with van der Waals surface area (Å²) in [5.41, 5.74) is 1.14. The van der Waals surface area contributed by atoms with Crippen LogP contribution < -0.4 is 19.1 Å². The summed E-state index contributed by atoms with van der Waals surface area (Å²) < 4.78 is 55.8. The van der Waals surface area contributed by atoms with Gasteiger partial charge in [0.05, 0.1) is 10.6 Å². The van der Waals surface area contributed by atoms with Gasteiger partial charge in [-0.15, -0.1) is 0 Å². The molecular formula is C36H38FN3O6S. The minimum Gasteiger partial charge on any atom is -0.486 e. The Balaban J connectivity index is 1.58. The molecule has 4 aromatic rings. The Morgan fingerprint density at radius 2 is 1.49 bits per heavy atom. The fourth-order valence-electron chi connectivity index (χ4n) is 5.22. The largest absolute Gasteiger partial charge is 0.486 e. The topological polar surface area (TPSA) is 105 Å². The average Bonchev–Trinajstić information content (AvgIpc) is 3.08. The Morgan fingerprint density at radius 3 is 2.17 bits per heavy atom. The van der Waals surface area contributed by atoms with Crippen molar-refractivity contribution in [1.29, 1.82) is 0 Å². The molecule has 0 aliphatic carbocycles. The summed E-state index contributed by atoms with van der Waals surface area (Å²) in [5, 5.41) is 2.92. The van der Waals surface area contributed by atoms with Gasteiger partial charge >= 0.3 is 0 Å². The fraction of sp³-hybridized carbons (Fsp3) is 0.278. The number of nitrogens with one attached hydrogen (secondary N) is 1. The SMILES string of the molecule is CC(C)CNC(=O)C(Cc1ccccc1)N(Cc1ccccc1F)C(=O)CN(c1ccc2c(c1)OCCO2)S(=O)(=O)c1ccccc1. The van der Waals surface area contributed by atoms with Gasteiger partial charge in [-0.25, -0.2) is 12.8 Å². The Morgan fingerprint density at radius 1 is 0.851 bits per heavy atom. The molecule has 0 radical (unpaired) electrons. The lowest BCUT2D eigenvalue weighted by Gasteiger charge is -2.34. The van der Waals surface area contributed by atoms with Gasteiger partial charge in [-0.05, 0) is 41.8 Å². The molecule has 1 unspecified atom stereocenters. The van der Waals surface area contributed by atoms with E-state index in [0.29, 0.717) is 24.7 Å². The highest BCUT2D eigenvalue weighted by atomic mass is 32.2. The van der Waals surface area contributed by atoms with Crippen LogP contribution in [0.3, 0.4) is 0 Å². The van der Waals surface area contributed by atoms with Crippen LogP contribution in [0.5, 0.6) is 11.5 Å². The summed E-state index contributed by atoms with van der Waals surface area (Å²) in [4.78, 5) is 29.6. The van der Waals surface area contributed by atoms with Gasteiger partial charge in [-0.2, -0.15) is 0 Å². The zero-order valence-electron chi connectivity index (χ0n) is 26.3. The molecule has 9 nitrogen and oxygen atoms in total. The first-order valence-corrected chi connectivity index (χ1v) is 16.9. The van der Waals surface area contributed by atoms with Crippen LogP contribution in [0.1, 0.15) is 25.0 Å².